The van der Waals surface area contributed by atoms with Crippen molar-refractivity contribution in [3.05, 3.63) is 11.4 Å². The van der Waals surface area contributed by atoms with E-state index in [2.05, 4.69) is 14.8 Å². The van der Waals surface area contributed by atoms with Crippen LogP contribution in [0.25, 0.3) is 0 Å². The molecule has 1 aromatic rings. The molecule has 120 valence electrons. The average Bonchev–Trinajstić information content (AvgIpc) is 2.68. The standard InChI is InChI=1S/C12H23N5O3S/c1-10-12(11(2)17(13-10)8-9-18)21(19,20)14-16-6-4-15(3)5-7-16/h14,18H,4-9H2,1-3H3. The number of likely N-dealkylation sites (N-methyl/N-ethyl adjacent to an activating group) is 1. The Bertz CT molecular complexity index is 590. The Kier molecular flexibility index (Phi) is 4.99. The van der Waals surface area contributed by atoms with E-state index < -0.39 is 10.0 Å². The zero-order valence-electron chi connectivity index (χ0n) is 12.7. The maximum absolute atomic E-state index is 12.6. The Hall–Kier alpha value is -1.00. The van der Waals surface area contributed by atoms with Crippen LogP contribution in [-0.2, 0) is 16.6 Å². The summed E-state index contributed by atoms with van der Waals surface area (Å²) in [6.45, 7) is 6.53. The zero-order chi connectivity index (χ0) is 15.6. The fraction of sp³-hybridized carbons (Fsp3) is 0.750. The van der Waals surface area contributed by atoms with Crippen LogP contribution in [0.3, 0.4) is 0 Å². The van der Waals surface area contributed by atoms with Gasteiger partial charge in [-0.1, -0.05) is 0 Å². The van der Waals surface area contributed by atoms with E-state index in [-0.39, 0.29) is 18.0 Å². The highest BCUT2D eigenvalue weighted by Crippen LogP contribution is 2.19. The van der Waals surface area contributed by atoms with Crippen LogP contribution in [0, 0.1) is 13.8 Å². The molecule has 0 unspecified atom stereocenters. The minimum absolute atomic E-state index is 0.0761. The second-order valence-corrected chi connectivity index (χ2v) is 6.93. The van der Waals surface area contributed by atoms with E-state index in [1.165, 1.54) is 4.68 Å². The largest absolute Gasteiger partial charge is 0.394 e. The van der Waals surface area contributed by atoms with Gasteiger partial charge < -0.3 is 10.0 Å². The zero-order valence-corrected chi connectivity index (χ0v) is 13.5. The lowest BCUT2D eigenvalue weighted by molar-refractivity contribution is 0.135. The first-order valence-corrected chi connectivity index (χ1v) is 8.44. The van der Waals surface area contributed by atoms with Crippen LogP contribution in [0.1, 0.15) is 11.4 Å². The summed E-state index contributed by atoms with van der Waals surface area (Å²) in [6.07, 6.45) is 0. The molecule has 8 nitrogen and oxygen atoms in total. The molecule has 0 aromatic carbocycles. The number of aliphatic hydroxyl groups excluding tert-OH is 1. The van der Waals surface area contributed by atoms with Crippen molar-refractivity contribution in [2.45, 2.75) is 25.3 Å². The molecule has 2 rings (SSSR count). The average molecular weight is 317 g/mol. The molecule has 0 saturated carbocycles. The summed E-state index contributed by atoms with van der Waals surface area (Å²) in [7, 11) is -1.63. The van der Waals surface area contributed by atoms with Crippen LogP contribution in [0.5, 0.6) is 0 Å². The molecule has 1 aliphatic rings. The van der Waals surface area contributed by atoms with E-state index in [0.717, 1.165) is 13.1 Å². The third-order valence-corrected chi connectivity index (χ3v) is 5.28. The SMILES string of the molecule is Cc1nn(CCO)c(C)c1S(=O)(=O)NN1CCN(C)CC1. The van der Waals surface area contributed by atoms with Gasteiger partial charge in [0, 0.05) is 26.2 Å². The monoisotopic (exact) mass is 317 g/mol. The molecule has 0 radical (unpaired) electrons. The molecule has 0 bridgehead atoms. The third kappa shape index (κ3) is 3.61. The van der Waals surface area contributed by atoms with Gasteiger partial charge in [0.25, 0.3) is 10.0 Å². The van der Waals surface area contributed by atoms with E-state index in [1.54, 1.807) is 18.9 Å². The van der Waals surface area contributed by atoms with Crippen LogP contribution in [-0.4, -0.2) is 73.0 Å². The number of aliphatic hydroxyl groups is 1. The topological polar surface area (TPSA) is 90.7 Å². The Morgan fingerprint density at radius 1 is 1.24 bits per heavy atom. The van der Waals surface area contributed by atoms with Crippen molar-refractivity contribution in [1.29, 1.82) is 0 Å². The molecule has 0 spiro atoms. The molecule has 2 N–H and O–H groups in total. The van der Waals surface area contributed by atoms with Crippen molar-refractivity contribution in [2.24, 2.45) is 0 Å². The number of hydrazine groups is 1. The van der Waals surface area contributed by atoms with Gasteiger partial charge in [-0.05, 0) is 20.9 Å². The van der Waals surface area contributed by atoms with Gasteiger partial charge in [0.15, 0.2) is 0 Å². The summed E-state index contributed by atoms with van der Waals surface area (Å²) in [6, 6.07) is 0. The quantitative estimate of drug-likeness (QED) is 0.719. The van der Waals surface area contributed by atoms with Gasteiger partial charge in [0.05, 0.1) is 24.5 Å². The van der Waals surface area contributed by atoms with Gasteiger partial charge in [0.2, 0.25) is 0 Å². The Labute approximate surface area is 125 Å². The lowest BCUT2D eigenvalue weighted by atomic mass is 10.4. The Morgan fingerprint density at radius 3 is 2.43 bits per heavy atom. The van der Waals surface area contributed by atoms with Gasteiger partial charge in [-0.25, -0.2) is 13.4 Å². The predicted octanol–water partition coefficient (Wildman–Crippen LogP) is -1.07. The van der Waals surface area contributed by atoms with Gasteiger partial charge in [-0.15, -0.1) is 4.83 Å². The fourth-order valence-corrected chi connectivity index (χ4v) is 4.03. The number of nitrogens with one attached hydrogen (secondary N) is 1. The first-order chi connectivity index (χ1) is 9.85. The molecule has 1 aliphatic heterocycles. The van der Waals surface area contributed by atoms with E-state index in [4.69, 9.17) is 5.11 Å². The molecular weight excluding hydrogens is 294 g/mol. The number of rotatable bonds is 5. The van der Waals surface area contributed by atoms with Crippen LogP contribution >= 0.6 is 0 Å². The lowest BCUT2D eigenvalue weighted by Gasteiger charge is -2.32. The van der Waals surface area contributed by atoms with Crippen LogP contribution in [0.15, 0.2) is 4.90 Å². The summed E-state index contributed by atoms with van der Waals surface area (Å²) in [5, 5.41) is 14.9. The molecular formula is C12H23N5O3S. The first kappa shape index (κ1) is 16.4. The maximum Gasteiger partial charge on any atom is 0.257 e. The van der Waals surface area contributed by atoms with Crippen molar-refractivity contribution in [1.82, 2.24) is 24.5 Å². The summed E-state index contributed by atoms with van der Waals surface area (Å²) in [5.41, 5.74) is 0.991. The van der Waals surface area contributed by atoms with Gasteiger partial charge >= 0.3 is 0 Å². The number of aromatic nitrogens is 2. The third-order valence-electron chi connectivity index (χ3n) is 3.65. The van der Waals surface area contributed by atoms with E-state index in [0.29, 0.717) is 24.5 Å². The van der Waals surface area contributed by atoms with Gasteiger partial charge in [0.1, 0.15) is 4.90 Å². The molecule has 1 fully saturated rings. The fourth-order valence-electron chi connectivity index (χ4n) is 2.50. The van der Waals surface area contributed by atoms with Crippen molar-refractivity contribution in [3.63, 3.8) is 0 Å². The smallest absolute Gasteiger partial charge is 0.257 e. The first-order valence-electron chi connectivity index (χ1n) is 6.96. The number of sulfonamides is 1. The number of aryl methyl sites for hydroxylation is 1. The predicted molar refractivity (Wildman–Crippen MR) is 78.2 cm³/mol. The van der Waals surface area contributed by atoms with Gasteiger partial charge in [-0.2, -0.15) is 5.10 Å². The highest BCUT2D eigenvalue weighted by atomic mass is 32.2. The molecule has 0 aliphatic carbocycles. The van der Waals surface area contributed by atoms with E-state index in [9.17, 15) is 8.42 Å². The molecule has 0 atom stereocenters. The van der Waals surface area contributed by atoms with Crippen molar-refractivity contribution >= 4 is 10.0 Å². The molecule has 1 saturated heterocycles. The molecule has 1 aromatic heterocycles. The highest BCUT2D eigenvalue weighted by molar-refractivity contribution is 7.89. The van der Waals surface area contributed by atoms with Crippen molar-refractivity contribution in [2.75, 3.05) is 39.8 Å². The number of hydrogen-bond acceptors (Lipinski definition) is 6. The minimum atomic E-state index is -3.64. The van der Waals surface area contributed by atoms with E-state index in [1.807, 2.05) is 7.05 Å². The molecule has 0 amide bonds. The van der Waals surface area contributed by atoms with Crippen LogP contribution in [0.4, 0.5) is 0 Å². The molecule has 9 heteroatoms. The molecule has 21 heavy (non-hydrogen) atoms. The number of nitrogens with zero attached hydrogens (tertiary/aromatic N) is 4. The lowest BCUT2D eigenvalue weighted by Crippen LogP contribution is -2.52. The highest BCUT2D eigenvalue weighted by Gasteiger charge is 2.27. The molecule has 2 heterocycles. The van der Waals surface area contributed by atoms with Crippen LogP contribution < -0.4 is 4.83 Å². The number of hydrogen-bond donors (Lipinski definition) is 2. The normalized spacial score (nSPS) is 18.3. The Morgan fingerprint density at radius 2 is 1.86 bits per heavy atom. The van der Waals surface area contributed by atoms with E-state index >= 15 is 0 Å². The second-order valence-electron chi connectivity index (χ2n) is 5.33. The summed E-state index contributed by atoms with van der Waals surface area (Å²) in [5.74, 6) is 0. The minimum Gasteiger partial charge on any atom is -0.394 e. The van der Waals surface area contributed by atoms with Crippen LogP contribution in [0.2, 0.25) is 0 Å². The summed E-state index contributed by atoms with van der Waals surface area (Å²) in [4.78, 5) is 4.99. The number of piperazine rings is 1. The maximum atomic E-state index is 12.6. The van der Waals surface area contributed by atoms with Crippen molar-refractivity contribution in [3.8, 4) is 0 Å². The summed E-state index contributed by atoms with van der Waals surface area (Å²) < 4.78 is 26.6. The summed E-state index contributed by atoms with van der Waals surface area (Å²) >= 11 is 0. The van der Waals surface area contributed by atoms with Gasteiger partial charge in [-0.3, -0.25) is 4.68 Å². The Balaban J connectivity index is 2.19. The second kappa shape index (κ2) is 6.41. The van der Waals surface area contributed by atoms with Crippen molar-refractivity contribution < 1.29 is 13.5 Å².